The van der Waals surface area contributed by atoms with Crippen LogP contribution in [0, 0.1) is 0 Å². The number of carbonyl (C=O) groups is 1. The summed E-state index contributed by atoms with van der Waals surface area (Å²) in [5.74, 6) is 0.0593. The van der Waals surface area contributed by atoms with E-state index >= 15 is 0 Å². The fourth-order valence-electron chi connectivity index (χ4n) is 2.05. The van der Waals surface area contributed by atoms with E-state index in [0.717, 1.165) is 24.9 Å². The molecule has 0 aromatic heterocycles. The first-order valence-electron chi connectivity index (χ1n) is 6.03. The van der Waals surface area contributed by atoms with Gasteiger partial charge in [0.1, 0.15) is 0 Å². The Balaban J connectivity index is 1.94. The number of hydrogen-bond acceptors (Lipinski definition) is 2. The van der Waals surface area contributed by atoms with Crippen LogP contribution < -0.4 is 5.73 Å². The third-order valence-electron chi connectivity index (χ3n) is 2.99. The number of hydrogen-bond donors (Lipinski definition) is 1. The lowest BCUT2D eigenvalue weighted by Gasteiger charge is -2.29. The van der Waals surface area contributed by atoms with Crippen LogP contribution in [0.3, 0.4) is 0 Å². The molecule has 1 saturated heterocycles. The Hall–Kier alpha value is -1.61. The van der Waals surface area contributed by atoms with E-state index < -0.39 is 0 Å². The zero-order valence-corrected chi connectivity index (χ0v) is 9.88. The van der Waals surface area contributed by atoms with Gasteiger partial charge in [0.15, 0.2) is 0 Å². The number of nitrogens with zero attached hydrogens (tertiary/aromatic N) is 1. The molecule has 1 aliphatic rings. The van der Waals surface area contributed by atoms with Gasteiger partial charge in [0.05, 0.1) is 0 Å². The van der Waals surface area contributed by atoms with Gasteiger partial charge in [0.25, 0.3) is 0 Å². The molecule has 0 bridgehead atoms. The molecule has 1 aromatic rings. The highest BCUT2D eigenvalue weighted by Gasteiger charge is 2.19. The van der Waals surface area contributed by atoms with Crippen LogP contribution in [0.5, 0.6) is 0 Å². The molecule has 1 atom stereocenters. The summed E-state index contributed by atoms with van der Waals surface area (Å²) >= 11 is 0. The number of likely N-dealkylation sites (tertiary alicyclic amines) is 1. The molecule has 1 heterocycles. The summed E-state index contributed by atoms with van der Waals surface area (Å²) < 4.78 is 0. The molecule has 0 spiro atoms. The summed E-state index contributed by atoms with van der Waals surface area (Å²) in [5.41, 5.74) is 6.90. The maximum Gasteiger partial charge on any atom is 0.246 e. The Kier molecular flexibility index (Phi) is 3.94. The van der Waals surface area contributed by atoms with Crippen molar-refractivity contribution in [3.8, 4) is 0 Å². The highest BCUT2D eigenvalue weighted by atomic mass is 16.2. The van der Waals surface area contributed by atoms with Crippen molar-refractivity contribution < 1.29 is 4.79 Å². The van der Waals surface area contributed by atoms with E-state index in [1.165, 1.54) is 0 Å². The van der Waals surface area contributed by atoms with Crippen LogP contribution in [-0.2, 0) is 4.79 Å². The zero-order chi connectivity index (χ0) is 12.1. The fourth-order valence-corrected chi connectivity index (χ4v) is 2.05. The number of piperidine rings is 1. The first-order chi connectivity index (χ1) is 8.25. The molecular formula is C14H18N2O. The smallest absolute Gasteiger partial charge is 0.246 e. The number of carbonyl (C=O) groups excluding carboxylic acids is 1. The first-order valence-corrected chi connectivity index (χ1v) is 6.03. The van der Waals surface area contributed by atoms with Crippen LogP contribution in [-0.4, -0.2) is 29.9 Å². The van der Waals surface area contributed by atoms with Crippen molar-refractivity contribution in [1.82, 2.24) is 4.90 Å². The van der Waals surface area contributed by atoms with E-state index in [-0.39, 0.29) is 11.9 Å². The quantitative estimate of drug-likeness (QED) is 0.785. The largest absolute Gasteiger partial charge is 0.338 e. The van der Waals surface area contributed by atoms with E-state index in [1.54, 1.807) is 6.08 Å². The van der Waals surface area contributed by atoms with E-state index in [1.807, 2.05) is 41.3 Å². The lowest BCUT2D eigenvalue weighted by molar-refractivity contribution is -0.127. The molecule has 1 fully saturated rings. The first kappa shape index (κ1) is 11.9. The van der Waals surface area contributed by atoms with Crippen LogP contribution in [0.15, 0.2) is 36.4 Å². The molecule has 17 heavy (non-hydrogen) atoms. The third kappa shape index (κ3) is 3.43. The minimum absolute atomic E-state index is 0.0593. The van der Waals surface area contributed by atoms with Crippen LogP contribution >= 0.6 is 0 Å². The van der Waals surface area contributed by atoms with Crippen molar-refractivity contribution in [2.75, 3.05) is 13.1 Å². The molecular weight excluding hydrogens is 212 g/mol. The van der Waals surface area contributed by atoms with E-state index in [0.29, 0.717) is 6.54 Å². The van der Waals surface area contributed by atoms with Gasteiger partial charge < -0.3 is 10.6 Å². The Morgan fingerprint density at radius 3 is 2.82 bits per heavy atom. The van der Waals surface area contributed by atoms with Crippen LogP contribution in [0.25, 0.3) is 6.08 Å². The van der Waals surface area contributed by atoms with Gasteiger partial charge in [-0.1, -0.05) is 30.3 Å². The molecule has 1 aromatic carbocycles. The number of benzene rings is 1. The molecule has 1 amide bonds. The van der Waals surface area contributed by atoms with Gasteiger partial charge >= 0.3 is 0 Å². The lowest BCUT2D eigenvalue weighted by Crippen LogP contribution is -2.45. The van der Waals surface area contributed by atoms with E-state index in [4.69, 9.17) is 5.73 Å². The van der Waals surface area contributed by atoms with Gasteiger partial charge in [0.2, 0.25) is 5.91 Å². The predicted octanol–water partition coefficient (Wildman–Crippen LogP) is 1.65. The summed E-state index contributed by atoms with van der Waals surface area (Å²) in [6.07, 6.45) is 5.51. The molecule has 1 aliphatic heterocycles. The van der Waals surface area contributed by atoms with Crippen molar-refractivity contribution in [1.29, 1.82) is 0 Å². The average molecular weight is 230 g/mol. The number of nitrogens with two attached hydrogens (primary N) is 1. The third-order valence-corrected chi connectivity index (χ3v) is 2.99. The fraction of sp³-hybridized carbons (Fsp3) is 0.357. The van der Waals surface area contributed by atoms with Crippen LogP contribution in [0.2, 0.25) is 0 Å². The van der Waals surface area contributed by atoms with Gasteiger partial charge in [-0.15, -0.1) is 0 Å². The van der Waals surface area contributed by atoms with Gasteiger partial charge in [0, 0.05) is 25.2 Å². The summed E-state index contributed by atoms with van der Waals surface area (Å²) in [6, 6.07) is 9.97. The predicted molar refractivity (Wildman–Crippen MR) is 69.3 cm³/mol. The van der Waals surface area contributed by atoms with Crippen molar-refractivity contribution in [3.05, 3.63) is 42.0 Å². The Morgan fingerprint density at radius 2 is 2.12 bits per heavy atom. The Bertz CT molecular complexity index is 400. The summed E-state index contributed by atoms with van der Waals surface area (Å²) in [5, 5.41) is 0. The molecule has 2 rings (SSSR count). The van der Waals surface area contributed by atoms with Crippen LogP contribution in [0.1, 0.15) is 18.4 Å². The van der Waals surface area contributed by atoms with Crippen molar-refractivity contribution in [2.24, 2.45) is 5.73 Å². The average Bonchev–Trinajstić information content (AvgIpc) is 2.37. The van der Waals surface area contributed by atoms with E-state index in [2.05, 4.69) is 0 Å². The second-order valence-electron chi connectivity index (χ2n) is 4.43. The molecule has 0 aliphatic carbocycles. The van der Waals surface area contributed by atoms with Gasteiger partial charge in [-0.25, -0.2) is 0 Å². The molecule has 0 unspecified atom stereocenters. The SMILES string of the molecule is N[C@@H]1CCCN(C(=O)/C=C/c2ccccc2)C1. The molecule has 3 heteroatoms. The standard InChI is InChI=1S/C14H18N2O/c15-13-7-4-10-16(11-13)14(17)9-8-12-5-2-1-3-6-12/h1-3,5-6,8-9,13H,4,7,10-11,15H2/b9-8+/t13-/m1/s1. The van der Waals surface area contributed by atoms with Crippen molar-refractivity contribution in [2.45, 2.75) is 18.9 Å². The molecule has 2 N–H and O–H groups in total. The topological polar surface area (TPSA) is 46.3 Å². The zero-order valence-electron chi connectivity index (χ0n) is 9.88. The molecule has 0 radical (unpaired) electrons. The number of amides is 1. The second kappa shape index (κ2) is 5.64. The van der Waals surface area contributed by atoms with Gasteiger partial charge in [-0.2, -0.15) is 0 Å². The summed E-state index contributed by atoms with van der Waals surface area (Å²) in [4.78, 5) is 13.7. The van der Waals surface area contributed by atoms with Crippen LogP contribution in [0.4, 0.5) is 0 Å². The second-order valence-corrected chi connectivity index (χ2v) is 4.43. The summed E-state index contributed by atoms with van der Waals surface area (Å²) in [6.45, 7) is 1.50. The molecule has 3 nitrogen and oxygen atoms in total. The maximum atomic E-state index is 11.9. The van der Waals surface area contributed by atoms with Crippen molar-refractivity contribution in [3.63, 3.8) is 0 Å². The highest BCUT2D eigenvalue weighted by Crippen LogP contribution is 2.09. The lowest BCUT2D eigenvalue weighted by atomic mass is 10.1. The molecule has 90 valence electrons. The highest BCUT2D eigenvalue weighted by molar-refractivity contribution is 5.91. The number of rotatable bonds is 2. The minimum atomic E-state index is 0.0593. The Labute approximate surface area is 102 Å². The van der Waals surface area contributed by atoms with E-state index in [9.17, 15) is 4.79 Å². The Morgan fingerprint density at radius 1 is 1.35 bits per heavy atom. The van der Waals surface area contributed by atoms with Gasteiger partial charge in [-0.3, -0.25) is 4.79 Å². The van der Waals surface area contributed by atoms with Crippen molar-refractivity contribution >= 4 is 12.0 Å². The normalized spacial score (nSPS) is 20.8. The summed E-state index contributed by atoms with van der Waals surface area (Å²) in [7, 11) is 0. The maximum absolute atomic E-state index is 11.9. The van der Waals surface area contributed by atoms with Gasteiger partial charge in [-0.05, 0) is 24.5 Å². The minimum Gasteiger partial charge on any atom is -0.338 e. The monoisotopic (exact) mass is 230 g/mol. The molecule has 0 saturated carbocycles.